The zero-order valence-corrected chi connectivity index (χ0v) is 14.7. The minimum absolute atomic E-state index is 0.0509. The van der Waals surface area contributed by atoms with Crippen molar-refractivity contribution < 1.29 is 4.74 Å². The van der Waals surface area contributed by atoms with E-state index in [0.717, 1.165) is 24.0 Å². The molecular weight excluding hydrogens is 304 g/mol. The van der Waals surface area contributed by atoms with Crippen molar-refractivity contribution in [3.05, 3.63) is 109 Å². The molecule has 2 unspecified atom stereocenters. The molecule has 0 aliphatic heterocycles. The van der Waals surface area contributed by atoms with Crippen LogP contribution in [-0.4, -0.2) is 12.2 Å². The van der Waals surface area contributed by atoms with Gasteiger partial charge in [0.25, 0.3) is 0 Å². The predicted octanol–water partition coefficient (Wildman–Crippen LogP) is 5.88. The molecule has 0 spiro atoms. The van der Waals surface area contributed by atoms with Gasteiger partial charge in [0, 0.05) is 12.8 Å². The number of benzene rings is 2. The van der Waals surface area contributed by atoms with Gasteiger partial charge in [-0.05, 0) is 22.3 Å². The molecule has 0 heterocycles. The molecule has 0 aliphatic carbocycles. The van der Waals surface area contributed by atoms with E-state index in [1.165, 1.54) is 11.1 Å². The fraction of sp³-hybridized carbons (Fsp3) is 0.167. The fourth-order valence-corrected chi connectivity index (χ4v) is 2.64. The van der Waals surface area contributed by atoms with Gasteiger partial charge in [0.2, 0.25) is 0 Å². The van der Waals surface area contributed by atoms with Gasteiger partial charge in [0.15, 0.2) is 0 Å². The Kier molecular flexibility index (Phi) is 7.18. The molecule has 0 radical (unpaired) electrons. The van der Waals surface area contributed by atoms with Gasteiger partial charge in [-0.15, -0.1) is 13.2 Å². The maximum Gasteiger partial charge on any atom is 0.0801 e. The van der Waals surface area contributed by atoms with Crippen LogP contribution in [0.5, 0.6) is 0 Å². The molecule has 1 nitrogen and oxygen atoms in total. The summed E-state index contributed by atoms with van der Waals surface area (Å²) in [5.74, 6) is 0. The van der Waals surface area contributed by atoms with Crippen molar-refractivity contribution in [3.8, 4) is 0 Å². The Labute approximate surface area is 151 Å². The Balaban J connectivity index is 1.98. The highest BCUT2D eigenvalue weighted by atomic mass is 16.5. The fourth-order valence-electron chi connectivity index (χ4n) is 2.64. The average molecular weight is 330 g/mol. The number of hydrogen-bond acceptors (Lipinski definition) is 1. The smallest absolute Gasteiger partial charge is 0.0801 e. The zero-order chi connectivity index (χ0) is 18.1. The molecule has 2 atom stereocenters. The van der Waals surface area contributed by atoms with Crippen LogP contribution in [0.2, 0.25) is 0 Å². The summed E-state index contributed by atoms with van der Waals surface area (Å²) in [7, 11) is 0. The van der Waals surface area contributed by atoms with Crippen molar-refractivity contribution in [2.45, 2.75) is 25.0 Å². The van der Waals surface area contributed by atoms with Crippen molar-refractivity contribution in [1.29, 1.82) is 0 Å². The lowest BCUT2D eigenvalue weighted by molar-refractivity contribution is 0.0425. The minimum atomic E-state index is -0.0509. The van der Waals surface area contributed by atoms with Crippen LogP contribution in [0, 0.1) is 0 Å². The molecule has 2 aromatic carbocycles. The molecule has 1 heteroatoms. The van der Waals surface area contributed by atoms with Crippen LogP contribution in [0.4, 0.5) is 0 Å². The monoisotopic (exact) mass is 330 g/mol. The maximum absolute atomic E-state index is 6.19. The topological polar surface area (TPSA) is 9.23 Å². The van der Waals surface area contributed by atoms with E-state index in [4.69, 9.17) is 4.74 Å². The summed E-state index contributed by atoms with van der Waals surface area (Å²) in [6, 6.07) is 16.7. The molecule has 2 aromatic rings. The summed E-state index contributed by atoms with van der Waals surface area (Å²) >= 11 is 0. The third-order valence-corrected chi connectivity index (χ3v) is 4.18. The first kappa shape index (κ1) is 18.7. The van der Waals surface area contributed by atoms with E-state index in [2.05, 4.69) is 74.8 Å². The molecule has 0 saturated carbocycles. The molecule has 0 bridgehead atoms. The number of rotatable bonds is 10. The summed E-state index contributed by atoms with van der Waals surface area (Å²) in [5, 5.41) is 0. The highest BCUT2D eigenvalue weighted by Gasteiger charge is 2.13. The normalized spacial score (nSPS) is 12.8. The Hall–Kier alpha value is -2.64. The summed E-state index contributed by atoms with van der Waals surface area (Å²) in [4.78, 5) is 0. The SMILES string of the molecule is C=Cc1ccc(CC(C=C)OC(C=C)Cc2ccc(C=C)cc2)cc1. The van der Waals surface area contributed by atoms with Crippen LogP contribution in [0.1, 0.15) is 22.3 Å². The highest BCUT2D eigenvalue weighted by molar-refractivity contribution is 5.48. The third kappa shape index (κ3) is 5.74. The Morgan fingerprint density at radius 3 is 1.28 bits per heavy atom. The molecule has 25 heavy (non-hydrogen) atoms. The van der Waals surface area contributed by atoms with Crippen LogP contribution >= 0.6 is 0 Å². The van der Waals surface area contributed by atoms with Gasteiger partial charge in [-0.1, -0.05) is 86.0 Å². The minimum Gasteiger partial charge on any atom is -0.366 e. The molecule has 0 amide bonds. The molecule has 2 rings (SSSR count). The van der Waals surface area contributed by atoms with E-state index < -0.39 is 0 Å². The van der Waals surface area contributed by atoms with E-state index in [1.54, 1.807) is 0 Å². The standard InChI is InChI=1S/C24H26O/c1-5-19-9-13-21(14-10-19)17-23(7-3)25-24(8-4)18-22-15-11-20(6-2)12-16-22/h5-16,23-24H,1-4,17-18H2. The predicted molar refractivity (Wildman–Crippen MR) is 110 cm³/mol. The van der Waals surface area contributed by atoms with Gasteiger partial charge in [-0.25, -0.2) is 0 Å². The first-order valence-electron chi connectivity index (χ1n) is 8.51. The van der Waals surface area contributed by atoms with Crippen molar-refractivity contribution >= 4 is 12.2 Å². The lowest BCUT2D eigenvalue weighted by Crippen LogP contribution is -2.22. The molecule has 0 fully saturated rings. The van der Waals surface area contributed by atoms with Gasteiger partial charge < -0.3 is 4.74 Å². The average Bonchev–Trinajstić information content (AvgIpc) is 2.67. The molecule has 0 N–H and O–H groups in total. The zero-order valence-electron chi connectivity index (χ0n) is 14.7. The lowest BCUT2D eigenvalue weighted by atomic mass is 10.0. The van der Waals surface area contributed by atoms with Crippen LogP contribution < -0.4 is 0 Å². The van der Waals surface area contributed by atoms with E-state index in [9.17, 15) is 0 Å². The summed E-state index contributed by atoms with van der Waals surface area (Å²) < 4.78 is 6.19. The maximum atomic E-state index is 6.19. The van der Waals surface area contributed by atoms with Crippen molar-refractivity contribution in [1.82, 2.24) is 0 Å². The van der Waals surface area contributed by atoms with E-state index in [-0.39, 0.29) is 12.2 Å². The Morgan fingerprint density at radius 2 is 1.00 bits per heavy atom. The summed E-state index contributed by atoms with van der Waals surface area (Å²) in [5.41, 5.74) is 4.67. The van der Waals surface area contributed by atoms with Gasteiger partial charge in [0.05, 0.1) is 12.2 Å². The van der Waals surface area contributed by atoms with E-state index in [1.807, 2.05) is 24.3 Å². The van der Waals surface area contributed by atoms with Crippen molar-refractivity contribution in [3.63, 3.8) is 0 Å². The second-order valence-corrected chi connectivity index (χ2v) is 5.98. The van der Waals surface area contributed by atoms with Crippen molar-refractivity contribution in [2.24, 2.45) is 0 Å². The van der Waals surface area contributed by atoms with Gasteiger partial charge >= 0.3 is 0 Å². The van der Waals surface area contributed by atoms with E-state index >= 15 is 0 Å². The summed E-state index contributed by atoms with van der Waals surface area (Å²) in [6.07, 6.45) is 8.89. The van der Waals surface area contributed by atoms with Crippen LogP contribution in [-0.2, 0) is 17.6 Å². The molecule has 0 aliphatic rings. The second-order valence-electron chi connectivity index (χ2n) is 5.98. The van der Waals surface area contributed by atoms with Gasteiger partial charge in [-0.3, -0.25) is 0 Å². The van der Waals surface area contributed by atoms with Crippen molar-refractivity contribution in [2.75, 3.05) is 0 Å². The highest BCUT2D eigenvalue weighted by Crippen LogP contribution is 2.15. The van der Waals surface area contributed by atoms with E-state index in [0.29, 0.717) is 0 Å². The molecular formula is C24H26O. The largest absolute Gasteiger partial charge is 0.366 e. The Bertz CT molecular complexity index is 643. The first-order chi connectivity index (χ1) is 12.2. The van der Waals surface area contributed by atoms with Gasteiger partial charge in [-0.2, -0.15) is 0 Å². The third-order valence-electron chi connectivity index (χ3n) is 4.18. The van der Waals surface area contributed by atoms with Gasteiger partial charge in [0.1, 0.15) is 0 Å². The molecule has 128 valence electrons. The molecule has 0 aromatic heterocycles. The lowest BCUT2D eigenvalue weighted by Gasteiger charge is -2.21. The van der Waals surface area contributed by atoms with Crippen LogP contribution in [0.3, 0.4) is 0 Å². The van der Waals surface area contributed by atoms with Crippen LogP contribution in [0.25, 0.3) is 12.2 Å². The summed E-state index contributed by atoms with van der Waals surface area (Å²) in [6.45, 7) is 15.4. The Morgan fingerprint density at radius 1 is 0.640 bits per heavy atom. The first-order valence-corrected chi connectivity index (χ1v) is 8.51. The second kappa shape index (κ2) is 9.61. The van der Waals surface area contributed by atoms with Crippen LogP contribution in [0.15, 0.2) is 87.0 Å². The number of hydrogen-bond donors (Lipinski definition) is 0. The quantitative estimate of drug-likeness (QED) is 0.494. The number of ether oxygens (including phenoxy) is 1. The molecule has 0 saturated heterocycles.